The molecule has 1 aliphatic heterocycles. The first-order chi connectivity index (χ1) is 9.35. The van der Waals surface area contributed by atoms with Gasteiger partial charge >= 0.3 is 6.18 Å². The lowest BCUT2D eigenvalue weighted by molar-refractivity contribution is -0.149. The second-order valence-corrected chi connectivity index (χ2v) is 5.20. The summed E-state index contributed by atoms with van der Waals surface area (Å²) in [6.45, 7) is 3.22. The van der Waals surface area contributed by atoms with E-state index in [9.17, 15) is 18.3 Å². The highest BCUT2D eigenvalue weighted by molar-refractivity contribution is 5.29. The summed E-state index contributed by atoms with van der Waals surface area (Å²) >= 11 is 0. The number of benzene rings is 1. The zero-order valence-corrected chi connectivity index (χ0v) is 11.4. The second kappa shape index (κ2) is 6.01. The van der Waals surface area contributed by atoms with Crippen LogP contribution in [0.5, 0.6) is 5.75 Å². The van der Waals surface area contributed by atoms with Gasteiger partial charge in [0, 0.05) is 32.2 Å². The molecule has 1 heterocycles. The van der Waals surface area contributed by atoms with E-state index < -0.39 is 12.7 Å². The molecule has 1 fully saturated rings. The Morgan fingerprint density at radius 1 is 1.20 bits per heavy atom. The summed E-state index contributed by atoms with van der Waals surface area (Å²) in [5, 5.41) is 9.48. The van der Waals surface area contributed by atoms with E-state index >= 15 is 0 Å². The van der Waals surface area contributed by atoms with E-state index in [4.69, 9.17) is 0 Å². The molecule has 1 aromatic carbocycles. The smallest absolute Gasteiger partial charge is 0.401 e. The summed E-state index contributed by atoms with van der Waals surface area (Å²) in [7, 11) is 0. The quantitative estimate of drug-likeness (QED) is 0.926. The summed E-state index contributed by atoms with van der Waals surface area (Å²) < 4.78 is 37.0. The Morgan fingerprint density at radius 2 is 1.85 bits per heavy atom. The summed E-state index contributed by atoms with van der Waals surface area (Å²) in [6.07, 6.45) is -4.13. The fourth-order valence-electron chi connectivity index (χ4n) is 2.56. The Balaban J connectivity index is 1.90. The minimum absolute atomic E-state index is 0.0927. The van der Waals surface area contributed by atoms with Crippen molar-refractivity contribution in [3.63, 3.8) is 0 Å². The monoisotopic (exact) mass is 288 g/mol. The van der Waals surface area contributed by atoms with Crippen LogP contribution in [0.3, 0.4) is 0 Å². The molecule has 1 saturated heterocycles. The maximum atomic E-state index is 12.3. The van der Waals surface area contributed by atoms with Crippen LogP contribution in [-0.2, 0) is 0 Å². The van der Waals surface area contributed by atoms with Crippen LogP contribution in [0.15, 0.2) is 24.3 Å². The first kappa shape index (κ1) is 15.1. The molecule has 0 aromatic heterocycles. The van der Waals surface area contributed by atoms with Crippen molar-refractivity contribution in [1.82, 2.24) is 9.80 Å². The van der Waals surface area contributed by atoms with Crippen LogP contribution in [0.4, 0.5) is 13.2 Å². The fourth-order valence-corrected chi connectivity index (χ4v) is 2.56. The van der Waals surface area contributed by atoms with Crippen LogP contribution < -0.4 is 0 Å². The molecule has 0 spiro atoms. The van der Waals surface area contributed by atoms with Gasteiger partial charge in [-0.1, -0.05) is 12.1 Å². The minimum Gasteiger partial charge on any atom is -0.508 e. The van der Waals surface area contributed by atoms with Crippen molar-refractivity contribution in [2.45, 2.75) is 19.1 Å². The molecule has 20 heavy (non-hydrogen) atoms. The van der Waals surface area contributed by atoms with Crippen molar-refractivity contribution in [3.05, 3.63) is 29.8 Å². The number of piperazine rings is 1. The molecule has 0 amide bonds. The van der Waals surface area contributed by atoms with E-state index in [2.05, 4.69) is 4.90 Å². The Kier molecular flexibility index (Phi) is 4.55. The Morgan fingerprint density at radius 3 is 2.40 bits per heavy atom. The van der Waals surface area contributed by atoms with Crippen LogP contribution >= 0.6 is 0 Å². The Labute approximate surface area is 116 Å². The van der Waals surface area contributed by atoms with Crippen LogP contribution in [0.1, 0.15) is 18.5 Å². The van der Waals surface area contributed by atoms with Gasteiger partial charge in [-0.3, -0.25) is 9.80 Å². The van der Waals surface area contributed by atoms with E-state index in [1.807, 2.05) is 13.0 Å². The lowest BCUT2D eigenvalue weighted by Gasteiger charge is -2.38. The van der Waals surface area contributed by atoms with Crippen molar-refractivity contribution >= 4 is 0 Å². The summed E-state index contributed by atoms with van der Waals surface area (Å²) in [6, 6.07) is 7.10. The number of hydrogen-bond acceptors (Lipinski definition) is 3. The normalized spacial score (nSPS) is 20.0. The number of halogens is 3. The van der Waals surface area contributed by atoms with Gasteiger partial charge in [0.05, 0.1) is 6.54 Å². The maximum absolute atomic E-state index is 12.3. The largest absolute Gasteiger partial charge is 0.508 e. The van der Waals surface area contributed by atoms with E-state index in [0.717, 1.165) is 5.56 Å². The molecule has 0 radical (unpaired) electrons. The Hall–Kier alpha value is -1.27. The van der Waals surface area contributed by atoms with Gasteiger partial charge in [0.2, 0.25) is 0 Å². The highest BCUT2D eigenvalue weighted by Crippen LogP contribution is 2.25. The number of aromatic hydroxyl groups is 1. The van der Waals surface area contributed by atoms with Gasteiger partial charge < -0.3 is 5.11 Å². The predicted octanol–water partition coefficient (Wildman–Crippen LogP) is 2.63. The van der Waals surface area contributed by atoms with Crippen molar-refractivity contribution in [2.75, 3.05) is 32.7 Å². The number of phenolic OH excluding ortho intramolecular Hbond substituents is 1. The molecule has 0 bridgehead atoms. The van der Waals surface area contributed by atoms with Crippen LogP contribution in [0, 0.1) is 0 Å². The molecule has 2 rings (SSSR count). The van der Waals surface area contributed by atoms with Gasteiger partial charge in [0.1, 0.15) is 5.75 Å². The SMILES string of the molecule is CC(c1cccc(O)c1)N1CCN(CC(F)(F)F)CC1. The third-order valence-electron chi connectivity index (χ3n) is 3.71. The average molecular weight is 288 g/mol. The lowest BCUT2D eigenvalue weighted by Crippen LogP contribution is -2.49. The van der Waals surface area contributed by atoms with Crippen LogP contribution in [0.25, 0.3) is 0 Å². The van der Waals surface area contributed by atoms with Gasteiger partial charge in [-0.2, -0.15) is 13.2 Å². The zero-order valence-electron chi connectivity index (χ0n) is 11.4. The number of nitrogens with zero attached hydrogens (tertiary/aromatic N) is 2. The molecule has 0 saturated carbocycles. The first-order valence-electron chi connectivity index (χ1n) is 6.67. The molecular formula is C14H19F3N2O. The van der Waals surface area contributed by atoms with Gasteiger partial charge in [0.25, 0.3) is 0 Å². The summed E-state index contributed by atoms with van der Waals surface area (Å²) in [4.78, 5) is 3.58. The molecule has 0 aliphatic carbocycles. The predicted molar refractivity (Wildman–Crippen MR) is 70.6 cm³/mol. The highest BCUT2D eigenvalue weighted by atomic mass is 19.4. The molecule has 1 unspecified atom stereocenters. The molecular weight excluding hydrogens is 269 g/mol. The minimum atomic E-state index is -4.13. The van der Waals surface area contributed by atoms with Crippen molar-refractivity contribution in [1.29, 1.82) is 0 Å². The van der Waals surface area contributed by atoms with E-state index in [0.29, 0.717) is 26.2 Å². The third-order valence-corrected chi connectivity index (χ3v) is 3.71. The number of alkyl halides is 3. The van der Waals surface area contributed by atoms with Gasteiger partial charge in [-0.05, 0) is 24.6 Å². The van der Waals surface area contributed by atoms with E-state index in [-0.39, 0.29) is 11.8 Å². The number of rotatable bonds is 3. The molecule has 1 aliphatic rings. The average Bonchev–Trinajstić information content (AvgIpc) is 2.37. The number of hydrogen-bond donors (Lipinski definition) is 1. The third kappa shape index (κ3) is 4.11. The van der Waals surface area contributed by atoms with Crippen molar-refractivity contribution in [2.24, 2.45) is 0 Å². The van der Waals surface area contributed by atoms with E-state index in [1.165, 1.54) is 4.90 Å². The molecule has 1 N–H and O–H groups in total. The zero-order chi connectivity index (χ0) is 14.8. The molecule has 112 valence electrons. The standard InChI is InChI=1S/C14H19F3N2O/c1-11(12-3-2-4-13(20)9-12)19-7-5-18(6-8-19)10-14(15,16)17/h2-4,9,11,20H,5-8,10H2,1H3. The lowest BCUT2D eigenvalue weighted by atomic mass is 10.1. The molecule has 3 nitrogen and oxygen atoms in total. The van der Waals surface area contributed by atoms with Gasteiger partial charge in [0.15, 0.2) is 0 Å². The summed E-state index contributed by atoms with van der Waals surface area (Å²) in [5.41, 5.74) is 0.981. The topological polar surface area (TPSA) is 26.7 Å². The van der Waals surface area contributed by atoms with E-state index in [1.54, 1.807) is 18.2 Å². The molecule has 1 aromatic rings. The molecule has 1 atom stereocenters. The summed E-state index contributed by atoms with van der Waals surface area (Å²) in [5.74, 6) is 0.213. The number of phenols is 1. The van der Waals surface area contributed by atoms with Gasteiger partial charge in [-0.25, -0.2) is 0 Å². The fraction of sp³-hybridized carbons (Fsp3) is 0.571. The maximum Gasteiger partial charge on any atom is 0.401 e. The Bertz CT molecular complexity index is 442. The first-order valence-corrected chi connectivity index (χ1v) is 6.67. The molecule has 6 heteroatoms. The van der Waals surface area contributed by atoms with Crippen LogP contribution in [0.2, 0.25) is 0 Å². The van der Waals surface area contributed by atoms with Crippen LogP contribution in [-0.4, -0.2) is 53.8 Å². The van der Waals surface area contributed by atoms with Crippen molar-refractivity contribution in [3.8, 4) is 5.75 Å². The van der Waals surface area contributed by atoms with Gasteiger partial charge in [-0.15, -0.1) is 0 Å². The second-order valence-electron chi connectivity index (χ2n) is 5.20. The van der Waals surface area contributed by atoms with Crippen molar-refractivity contribution < 1.29 is 18.3 Å². The highest BCUT2D eigenvalue weighted by Gasteiger charge is 2.32.